The third kappa shape index (κ3) is 4.65. The molecule has 0 spiro atoms. The normalized spacial score (nSPS) is 32.1. The van der Waals surface area contributed by atoms with Gasteiger partial charge in [-0.05, 0) is 34.9 Å². The second kappa shape index (κ2) is 10.2. The molecule has 0 radical (unpaired) electrons. The van der Waals surface area contributed by atoms with Crippen LogP contribution < -0.4 is 10.0 Å². The minimum absolute atomic E-state index is 0.161. The van der Waals surface area contributed by atoms with Crippen LogP contribution in [0.15, 0.2) is 41.6 Å². The summed E-state index contributed by atoms with van der Waals surface area (Å²) < 4.78 is 30.4. The maximum Gasteiger partial charge on any atom is 0.352 e. The molecule has 4 fully saturated rings. The summed E-state index contributed by atoms with van der Waals surface area (Å²) in [5.41, 5.74) is 8.12. The Labute approximate surface area is 262 Å². The fraction of sp³-hybridized carbons (Fsp3) is 0.531. The molecule has 12 nitrogen and oxygen atoms in total. The van der Waals surface area contributed by atoms with Crippen LogP contribution in [-0.4, -0.2) is 121 Å². The summed E-state index contributed by atoms with van der Waals surface area (Å²) in [4.78, 5) is 38.0. The summed E-state index contributed by atoms with van der Waals surface area (Å²) in [5.74, 6) is -3.27. The molecule has 4 saturated heterocycles. The van der Waals surface area contributed by atoms with Crippen LogP contribution in [0.1, 0.15) is 25.0 Å². The summed E-state index contributed by atoms with van der Waals surface area (Å²) in [6.45, 7) is 10.5. The molecule has 6 heterocycles. The van der Waals surface area contributed by atoms with Gasteiger partial charge < -0.3 is 29.8 Å². The van der Waals surface area contributed by atoms with Gasteiger partial charge in [0, 0.05) is 17.9 Å². The Bertz CT molecular complexity index is 1760. The molecule has 45 heavy (non-hydrogen) atoms. The van der Waals surface area contributed by atoms with Crippen molar-refractivity contribution in [3.63, 3.8) is 0 Å². The van der Waals surface area contributed by atoms with Gasteiger partial charge in [-0.2, -0.15) is 0 Å². The van der Waals surface area contributed by atoms with E-state index in [0.29, 0.717) is 23.4 Å². The number of carboxylic acids is 1. The van der Waals surface area contributed by atoms with E-state index in [9.17, 15) is 33.0 Å². The van der Waals surface area contributed by atoms with Gasteiger partial charge in [-0.15, -0.1) is 0 Å². The molecule has 4 atom stereocenters. The lowest BCUT2D eigenvalue weighted by Gasteiger charge is -2.55. The summed E-state index contributed by atoms with van der Waals surface area (Å²) in [6, 6.07) is 9.44. The van der Waals surface area contributed by atoms with Crippen LogP contribution in [-0.2, 0) is 36.6 Å². The number of rotatable bonds is 9. The molecule has 2 aromatic carbocycles. The fourth-order valence-corrected chi connectivity index (χ4v) is 10.4. The number of nitrogens with zero attached hydrogens (tertiary/aromatic N) is 4. The van der Waals surface area contributed by atoms with Crippen molar-refractivity contribution in [3.05, 3.63) is 52.7 Å². The van der Waals surface area contributed by atoms with E-state index in [2.05, 4.69) is 12.1 Å². The SMILES string of the molecule is C[C@@H](O)[C@H]1C(=O)N2C(C(=O)O)=C(CN3c4ccc5ccc(CC[N+]67CC[N+](CC(N)=O)(CC6)CC7)cc5c4CS3(=O)=O)[C@H](C)[C@H]12. The van der Waals surface area contributed by atoms with Crippen LogP contribution in [0.3, 0.4) is 0 Å². The zero-order valence-corrected chi connectivity index (χ0v) is 26.5. The van der Waals surface area contributed by atoms with Gasteiger partial charge in [-0.25, -0.2) is 13.2 Å². The molecule has 13 heteroatoms. The highest BCUT2D eigenvalue weighted by Crippen LogP contribution is 2.49. The van der Waals surface area contributed by atoms with E-state index in [4.69, 9.17) is 5.73 Å². The van der Waals surface area contributed by atoms with Gasteiger partial charge in [0.25, 0.3) is 5.91 Å². The molecule has 0 aliphatic carbocycles. The van der Waals surface area contributed by atoms with Crippen LogP contribution in [0.4, 0.5) is 5.69 Å². The van der Waals surface area contributed by atoms with Crippen molar-refractivity contribution < 1.29 is 42.0 Å². The van der Waals surface area contributed by atoms with Crippen molar-refractivity contribution in [3.8, 4) is 0 Å². The van der Waals surface area contributed by atoms with E-state index < -0.39 is 45.9 Å². The molecule has 2 bridgehead atoms. The molecule has 0 aromatic heterocycles. The number of primary amides is 1. The van der Waals surface area contributed by atoms with Crippen molar-refractivity contribution in [2.75, 3.05) is 63.2 Å². The molecular formula is C32H41N5O7S+2. The number of nitrogens with two attached hydrogens (primary N) is 1. The maximum atomic E-state index is 13.6. The number of amides is 2. The molecule has 8 rings (SSSR count). The van der Waals surface area contributed by atoms with Crippen LogP contribution in [0.25, 0.3) is 10.8 Å². The maximum absolute atomic E-state index is 13.6. The van der Waals surface area contributed by atoms with Crippen LogP contribution in [0.2, 0.25) is 0 Å². The lowest BCUT2D eigenvalue weighted by atomic mass is 9.78. The Morgan fingerprint density at radius 2 is 1.71 bits per heavy atom. The number of sulfonamides is 1. The van der Waals surface area contributed by atoms with Gasteiger partial charge >= 0.3 is 5.97 Å². The van der Waals surface area contributed by atoms with Crippen molar-refractivity contribution >= 4 is 44.3 Å². The van der Waals surface area contributed by atoms with Gasteiger partial charge in [0.2, 0.25) is 15.9 Å². The van der Waals surface area contributed by atoms with Gasteiger partial charge in [-0.1, -0.05) is 31.2 Å². The van der Waals surface area contributed by atoms with E-state index in [1.165, 1.54) is 16.1 Å². The van der Waals surface area contributed by atoms with Crippen molar-refractivity contribution in [1.29, 1.82) is 0 Å². The lowest BCUT2D eigenvalue weighted by Crippen LogP contribution is -2.76. The second-order valence-electron chi connectivity index (χ2n) is 13.9. The number of hydrogen-bond donors (Lipinski definition) is 3. The molecular weight excluding hydrogens is 598 g/mol. The zero-order chi connectivity index (χ0) is 32.1. The average Bonchev–Trinajstić information content (AvgIpc) is 3.39. The Hall–Kier alpha value is -3.52. The highest BCUT2D eigenvalue weighted by atomic mass is 32.2. The van der Waals surface area contributed by atoms with Crippen LogP contribution >= 0.6 is 0 Å². The fourth-order valence-electron chi connectivity index (χ4n) is 8.77. The number of benzene rings is 2. The molecule has 2 amide bonds. The first-order valence-corrected chi connectivity index (χ1v) is 17.4. The quantitative estimate of drug-likeness (QED) is 0.264. The standard InChI is InChI=1S/C32H39N5O7S/c1-19-24(30(32(41)42)35-29(19)28(20(2)38)31(35)40)16-34-26-6-5-22-4-3-21(15-23(22)25(26)18-45(34,43)44)7-8-36-9-12-37(13-10-36,14-11-36)17-27(33)39/h3-6,15,19-20,28-29,38H,7-14,16-18H2,1-2H3,(H-2,33,39,41,42)/p+2/t19-,20+,28+,29+,36?,37?/m0/s1. The van der Waals surface area contributed by atoms with Crippen LogP contribution in [0, 0.1) is 11.8 Å². The number of carbonyl (C=O) groups is 3. The average molecular weight is 640 g/mol. The van der Waals surface area contributed by atoms with Crippen molar-refractivity contribution in [2.45, 2.75) is 38.2 Å². The summed E-state index contributed by atoms with van der Waals surface area (Å²) >= 11 is 0. The number of aliphatic carboxylic acids is 1. The van der Waals surface area contributed by atoms with E-state index in [1.54, 1.807) is 13.0 Å². The number of β-lactam (4-membered cyclic amide) rings is 1. The largest absolute Gasteiger partial charge is 0.477 e. The Morgan fingerprint density at radius 3 is 2.33 bits per heavy atom. The second-order valence-corrected chi connectivity index (χ2v) is 15.8. The molecule has 4 N–H and O–H groups in total. The molecule has 6 aliphatic heterocycles. The predicted molar refractivity (Wildman–Crippen MR) is 166 cm³/mol. The number of carboxylic acid groups (broad SMARTS) is 1. The smallest absolute Gasteiger partial charge is 0.352 e. The Kier molecular flexibility index (Phi) is 6.86. The number of anilines is 1. The monoisotopic (exact) mass is 639 g/mol. The van der Waals surface area contributed by atoms with Gasteiger partial charge in [-0.3, -0.25) is 13.9 Å². The zero-order valence-electron chi connectivity index (χ0n) is 25.7. The summed E-state index contributed by atoms with van der Waals surface area (Å²) in [5, 5.41) is 22.1. The minimum Gasteiger partial charge on any atom is -0.477 e. The number of aliphatic hydroxyl groups is 1. The van der Waals surface area contributed by atoms with E-state index in [1.807, 2.05) is 12.1 Å². The minimum atomic E-state index is -3.81. The highest BCUT2D eigenvalue weighted by Gasteiger charge is 2.60. The van der Waals surface area contributed by atoms with E-state index >= 15 is 0 Å². The summed E-state index contributed by atoms with van der Waals surface area (Å²) in [7, 11) is -3.81. The Balaban J connectivity index is 1.15. The molecule has 6 aliphatic rings. The van der Waals surface area contributed by atoms with Crippen LogP contribution in [0.5, 0.6) is 0 Å². The predicted octanol–water partition coefficient (Wildman–Crippen LogP) is 0.374. The van der Waals surface area contributed by atoms with Gasteiger partial charge in [0.1, 0.15) is 45.0 Å². The number of piperazine rings is 3. The van der Waals surface area contributed by atoms with E-state index in [-0.39, 0.29) is 23.9 Å². The third-order valence-electron chi connectivity index (χ3n) is 11.4. The number of aliphatic hydroxyl groups excluding tert-OH is 1. The molecule has 2 aromatic rings. The number of fused-ring (bicyclic) bond motifs is 7. The molecule has 240 valence electrons. The number of carbonyl (C=O) groups excluding carboxylic acids is 2. The highest BCUT2D eigenvalue weighted by molar-refractivity contribution is 7.92. The Morgan fingerprint density at radius 1 is 1.07 bits per heavy atom. The molecule has 0 unspecified atom stereocenters. The number of quaternary nitrogens is 2. The van der Waals surface area contributed by atoms with Gasteiger partial charge in [0.05, 0.1) is 42.6 Å². The first kappa shape index (κ1) is 30.2. The van der Waals surface area contributed by atoms with E-state index in [0.717, 1.165) is 77.5 Å². The topological polar surface area (TPSA) is 158 Å². The first-order valence-electron chi connectivity index (χ1n) is 15.8. The summed E-state index contributed by atoms with van der Waals surface area (Å²) in [6.07, 6.45) is -0.0786. The lowest BCUT2D eigenvalue weighted by molar-refractivity contribution is -1.08. The first-order chi connectivity index (χ1) is 21.2. The molecule has 0 saturated carbocycles. The van der Waals surface area contributed by atoms with Crippen molar-refractivity contribution in [2.24, 2.45) is 17.6 Å². The number of hydrogen-bond acceptors (Lipinski definition) is 6. The third-order valence-corrected chi connectivity index (χ3v) is 13.1. The van der Waals surface area contributed by atoms with Crippen molar-refractivity contribution in [1.82, 2.24) is 4.90 Å². The van der Waals surface area contributed by atoms with Gasteiger partial charge in [0.15, 0.2) is 6.54 Å².